The highest BCUT2D eigenvalue weighted by atomic mass is 31.1. The lowest BCUT2D eigenvalue weighted by molar-refractivity contribution is 0.399. The van der Waals surface area contributed by atoms with Crippen molar-refractivity contribution in [2.75, 3.05) is 12.7 Å². The molecule has 3 aliphatic heterocycles. The summed E-state index contributed by atoms with van der Waals surface area (Å²) in [6, 6.07) is 9.30. The maximum atomic E-state index is 6.62. The normalized spacial score (nSPS) is 21.8. The van der Waals surface area contributed by atoms with Crippen LogP contribution in [0.25, 0.3) is 17.2 Å². The van der Waals surface area contributed by atoms with Crippen molar-refractivity contribution in [3.05, 3.63) is 63.7 Å². The minimum atomic E-state index is -0.260. The topological polar surface area (TPSA) is 12.2 Å². The molecule has 0 radical (unpaired) electrons. The molecule has 0 saturated carbocycles. The molecule has 0 spiro atoms. The Morgan fingerprint density at radius 3 is 2.28 bits per heavy atom. The van der Waals surface area contributed by atoms with E-state index in [4.69, 9.17) is 4.74 Å². The predicted octanol–water partition coefficient (Wildman–Crippen LogP) is 5.65. The Morgan fingerprint density at radius 2 is 1.59 bits per heavy atom. The third-order valence-corrected chi connectivity index (χ3v) is 10.5. The fourth-order valence-corrected chi connectivity index (χ4v) is 9.02. The zero-order chi connectivity index (χ0) is 23.0. The van der Waals surface area contributed by atoms with Gasteiger partial charge in [-0.25, -0.2) is 4.58 Å². The van der Waals surface area contributed by atoms with Crippen LogP contribution in [0.5, 0.6) is 11.5 Å². The van der Waals surface area contributed by atoms with E-state index in [2.05, 4.69) is 102 Å². The van der Waals surface area contributed by atoms with Gasteiger partial charge in [0.1, 0.15) is 18.0 Å². The standard InChI is InChI=1S/C29H35NOP/c1-9-30-24-14-25-20(12-22(24)18(3)16-28(30,5)6)11-21-13-23-19(4)17-29(7,8)32(10-2)27(23)15-26(21)31-25/h11-17H,9-10H2,1-8H3/q+1. The van der Waals surface area contributed by atoms with Crippen molar-refractivity contribution in [3.8, 4) is 11.5 Å². The first-order valence-electron chi connectivity index (χ1n) is 11.9. The molecule has 2 aromatic carbocycles. The Kier molecular flexibility index (Phi) is 4.84. The van der Waals surface area contributed by atoms with Gasteiger partial charge in [-0.1, -0.05) is 34.8 Å². The number of likely N-dealkylation sites (N-methyl/N-ethyl adjacent to an activating group) is 1. The third kappa shape index (κ3) is 3.14. The van der Waals surface area contributed by atoms with E-state index in [0.29, 0.717) is 0 Å². The summed E-state index contributed by atoms with van der Waals surface area (Å²) in [5, 5.41) is 4.18. The van der Waals surface area contributed by atoms with Crippen LogP contribution in [0, 0.1) is 0 Å². The Balaban J connectivity index is 1.74. The van der Waals surface area contributed by atoms with Crippen LogP contribution in [0.1, 0.15) is 72.1 Å². The lowest BCUT2D eigenvalue weighted by Crippen LogP contribution is -2.49. The molecule has 1 atom stereocenters. The van der Waals surface area contributed by atoms with Gasteiger partial charge in [0.15, 0.2) is 5.54 Å². The molecule has 32 heavy (non-hydrogen) atoms. The second-order valence-corrected chi connectivity index (χ2v) is 13.6. The van der Waals surface area contributed by atoms with Gasteiger partial charge >= 0.3 is 0 Å². The zero-order valence-corrected chi connectivity index (χ0v) is 21.7. The van der Waals surface area contributed by atoms with Gasteiger partial charge in [-0.05, 0) is 79.3 Å². The van der Waals surface area contributed by atoms with Gasteiger partial charge in [0.05, 0.1) is 6.07 Å². The summed E-state index contributed by atoms with van der Waals surface area (Å²) in [5.41, 5.74) is 6.66. The summed E-state index contributed by atoms with van der Waals surface area (Å²) in [4.78, 5) is 0. The van der Waals surface area contributed by atoms with E-state index in [-0.39, 0.29) is 18.6 Å². The van der Waals surface area contributed by atoms with E-state index < -0.39 is 0 Å². The van der Waals surface area contributed by atoms with Crippen LogP contribution in [0.15, 0.2) is 36.4 Å². The number of hydrogen-bond donors (Lipinski definition) is 0. The maximum Gasteiger partial charge on any atom is 0.211 e. The maximum absolute atomic E-state index is 6.62. The van der Waals surface area contributed by atoms with E-state index in [1.807, 2.05) is 0 Å². The van der Waals surface area contributed by atoms with Crippen molar-refractivity contribution in [2.24, 2.45) is 0 Å². The van der Waals surface area contributed by atoms with Crippen molar-refractivity contribution in [3.63, 3.8) is 0 Å². The fraction of sp³-hybridized carbons (Fsp3) is 0.414. The molecule has 1 unspecified atom stereocenters. The summed E-state index contributed by atoms with van der Waals surface area (Å²) in [5.74, 6) is 1.98. The van der Waals surface area contributed by atoms with Gasteiger partial charge in [-0.15, -0.1) is 0 Å². The Bertz CT molecular complexity index is 1340. The van der Waals surface area contributed by atoms with Crippen LogP contribution in [0.3, 0.4) is 0 Å². The molecule has 2 aromatic rings. The van der Waals surface area contributed by atoms with Crippen molar-refractivity contribution in [1.82, 2.24) is 4.58 Å². The lowest BCUT2D eigenvalue weighted by Gasteiger charge is -2.38. The van der Waals surface area contributed by atoms with Crippen LogP contribution in [-0.2, 0) is 0 Å². The Hall–Kier alpha value is -2.18. The highest BCUT2D eigenvalue weighted by Gasteiger charge is 2.35. The molecule has 3 aliphatic rings. The smallest absolute Gasteiger partial charge is 0.211 e. The molecular weight excluding hydrogens is 409 g/mol. The second-order valence-electron chi connectivity index (χ2n) is 10.5. The average molecular weight is 445 g/mol. The summed E-state index contributed by atoms with van der Waals surface area (Å²) in [6.07, 6.45) is 8.39. The van der Waals surface area contributed by atoms with Crippen molar-refractivity contribution >= 4 is 30.4 Å². The SMILES string of the molecule is CC[N+]1=c2cc3c(cc2C(C)=CC1(C)C)=Cc1cc2c(cc1O3)P(CC)C(C)(C)C=C2C. The van der Waals surface area contributed by atoms with Gasteiger partial charge in [-0.3, -0.25) is 0 Å². The number of fused-ring (bicyclic) bond motifs is 4. The molecule has 0 saturated heterocycles. The minimum Gasteiger partial charge on any atom is -0.456 e. The molecule has 0 aliphatic carbocycles. The molecular formula is C29H35NOP+. The quantitative estimate of drug-likeness (QED) is 0.367. The van der Waals surface area contributed by atoms with Gasteiger partial charge in [0.25, 0.3) is 0 Å². The van der Waals surface area contributed by atoms with Crippen molar-refractivity contribution in [2.45, 2.75) is 66.1 Å². The van der Waals surface area contributed by atoms with Crippen LogP contribution < -0.4 is 25.2 Å². The first-order valence-corrected chi connectivity index (χ1v) is 13.4. The molecule has 0 fully saturated rings. The largest absolute Gasteiger partial charge is 0.456 e. The van der Waals surface area contributed by atoms with Crippen molar-refractivity contribution in [1.29, 1.82) is 0 Å². The molecule has 0 bridgehead atoms. The van der Waals surface area contributed by atoms with Crippen molar-refractivity contribution < 1.29 is 4.74 Å². The first-order chi connectivity index (χ1) is 15.1. The summed E-state index contributed by atoms with van der Waals surface area (Å²) in [6.45, 7) is 19.4. The zero-order valence-electron chi connectivity index (χ0n) is 20.8. The molecule has 3 heterocycles. The summed E-state index contributed by atoms with van der Waals surface area (Å²) >= 11 is 0. The lowest BCUT2D eigenvalue weighted by atomic mass is 9.91. The molecule has 3 heteroatoms. The monoisotopic (exact) mass is 444 g/mol. The Morgan fingerprint density at radius 1 is 0.875 bits per heavy atom. The number of allylic oxidation sites excluding steroid dienone is 3. The van der Waals surface area contributed by atoms with Gasteiger partial charge < -0.3 is 4.74 Å². The van der Waals surface area contributed by atoms with Crippen LogP contribution in [0.4, 0.5) is 0 Å². The van der Waals surface area contributed by atoms with E-state index in [9.17, 15) is 0 Å². The highest BCUT2D eigenvalue weighted by Crippen LogP contribution is 2.55. The van der Waals surface area contributed by atoms with Gasteiger partial charge in [-0.2, -0.15) is 0 Å². The molecule has 166 valence electrons. The summed E-state index contributed by atoms with van der Waals surface area (Å²) < 4.78 is 9.10. The Labute approximate surface area is 193 Å². The van der Waals surface area contributed by atoms with E-state index in [1.165, 1.54) is 49.9 Å². The third-order valence-electron chi connectivity index (χ3n) is 7.38. The number of nitrogens with zero attached hydrogens (tertiary/aromatic N) is 1. The first kappa shape index (κ1) is 21.7. The summed E-state index contributed by atoms with van der Waals surface area (Å²) in [7, 11) is -0.260. The highest BCUT2D eigenvalue weighted by molar-refractivity contribution is 7.67. The number of hydrogen-bond acceptors (Lipinski definition) is 1. The van der Waals surface area contributed by atoms with Gasteiger partial charge in [0, 0.05) is 35.3 Å². The van der Waals surface area contributed by atoms with Gasteiger partial charge in [0.2, 0.25) is 5.36 Å². The fourth-order valence-electron chi connectivity index (χ4n) is 6.09. The molecule has 0 N–H and O–H groups in total. The molecule has 0 amide bonds. The van der Waals surface area contributed by atoms with Crippen LogP contribution in [0.2, 0.25) is 0 Å². The van der Waals surface area contributed by atoms with E-state index in [1.54, 1.807) is 0 Å². The molecule has 5 rings (SSSR count). The van der Waals surface area contributed by atoms with E-state index in [0.717, 1.165) is 18.0 Å². The van der Waals surface area contributed by atoms with Crippen LogP contribution >= 0.6 is 7.92 Å². The number of rotatable bonds is 2. The second kappa shape index (κ2) is 7.16. The number of benzene rings is 2. The molecule has 2 nitrogen and oxygen atoms in total. The molecule has 0 aromatic heterocycles. The minimum absolute atomic E-state index is 0.00182. The van der Waals surface area contributed by atoms with Crippen LogP contribution in [-0.4, -0.2) is 23.4 Å². The average Bonchev–Trinajstić information content (AvgIpc) is 2.69. The van der Waals surface area contributed by atoms with E-state index >= 15 is 0 Å². The number of ether oxygens (including phenoxy) is 1. The predicted molar refractivity (Wildman–Crippen MR) is 140 cm³/mol.